The number of amides is 3. The molecule has 9 heteroatoms. The van der Waals surface area contributed by atoms with Crippen molar-refractivity contribution < 1.29 is 23.2 Å². The standard InChI is InChI=1S/C16H10ClFN2O4S/c17-11-6-9(3-4-12(11)18)19-14(21)8-20-15(22)13(25-16(20)23)7-10-2-1-5-24-10/h1-7H,8H2,(H,19,21)/b13-7+. The van der Waals surface area contributed by atoms with E-state index in [1.165, 1.54) is 24.5 Å². The summed E-state index contributed by atoms with van der Waals surface area (Å²) in [5.41, 5.74) is 0.259. The SMILES string of the molecule is O=C(CN1C(=O)S/C(=C/c2ccco2)C1=O)Nc1ccc(F)c(Cl)c1. The Labute approximate surface area is 150 Å². The average molecular weight is 381 g/mol. The Balaban J connectivity index is 1.67. The Morgan fingerprint density at radius 1 is 1.36 bits per heavy atom. The van der Waals surface area contributed by atoms with E-state index in [1.807, 2.05) is 0 Å². The lowest BCUT2D eigenvalue weighted by molar-refractivity contribution is -0.127. The van der Waals surface area contributed by atoms with Gasteiger partial charge in [-0.05, 0) is 42.1 Å². The van der Waals surface area contributed by atoms with Crippen LogP contribution in [-0.4, -0.2) is 28.5 Å². The zero-order valence-electron chi connectivity index (χ0n) is 12.5. The molecular formula is C16H10ClFN2O4S. The number of nitrogens with zero attached hydrogens (tertiary/aromatic N) is 1. The molecule has 1 aromatic heterocycles. The van der Waals surface area contributed by atoms with Crippen LogP contribution >= 0.6 is 23.4 Å². The van der Waals surface area contributed by atoms with E-state index in [0.29, 0.717) is 5.76 Å². The molecule has 1 fully saturated rings. The Hall–Kier alpha value is -2.58. The molecule has 1 aliphatic heterocycles. The van der Waals surface area contributed by atoms with Gasteiger partial charge in [0.1, 0.15) is 18.1 Å². The summed E-state index contributed by atoms with van der Waals surface area (Å²) in [4.78, 5) is 37.2. The fraction of sp³-hybridized carbons (Fsp3) is 0.0625. The lowest BCUT2D eigenvalue weighted by Crippen LogP contribution is -2.36. The molecule has 2 aromatic rings. The van der Waals surface area contributed by atoms with Gasteiger partial charge in [0.25, 0.3) is 11.1 Å². The van der Waals surface area contributed by atoms with Gasteiger partial charge in [0.2, 0.25) is 5.91 Å². The van der Waals surface area contributed by atoms with Crippen molar-refractivity contribution in [2.75, 3.05) is 11.9 Å². The molecule has 0 saturated carbocycles. The molecule has 1 aliphatic rings. The number of hydrogen-bond acceptors (Lipinski definition) is 5. The number of carbonyl (C=O) groups excluding carboxylic acids is 3. The maximum Gasteiger partial charge on any atom is 0.294 e. The van der Waals surface area contributed by atoms with Gasteiger partial charge in [-0.1, -0.05) is 11.6 Å². The first-order chi connectivity index (χ1) is 11.9. The highest BCUT2D eigenvalue weighted by Crippen LogP contribution is 2.32. The van der Waals surface area contributed by atoms with E-state index >= 15 is 0 Å². The normalized spacial score (nSPS) is 15.9. The van der Waals surface area contributed by atoms with Crippen LogP contribution in [0.4, 0.5) is 14.9 Å². The molecule has 1 aromatic carbocycles. The van der Waals surface area contributed by atoms with Gasteiger partial charge in [-0.15, -0.1) is 0 Å². The summed E-state index contributed by atoms with van der Waals surface area (Å²) in [6.07, 6.45) is 2.87. The molecule has 0 bridgehead atoms. The number of nitrogens with one attached hydrogen (secondary N) is 1. The number of thioether (sulfide) groups is 1. The van der Waals surface area contributed by atoms with Gasteiger partial charge in [-0.25, -0.2) is 4.39 Å². The molecular weight excluding hydrogens is 371 g/mol. The Morgan fingerprint density at radius 2 is 2.16 bits per heavy atom. The number of imide groups is 1. The van der Waals surface area contributed by atoms with Crippen molar-refractivity contribution in [2.45, 2.75) is 0 Å². The van der Waals surface area contributed by atoms with Gasteiger partial charge in [-0.2, -0.15) is 0 Å². The molecule has 2 heterocycles. The predicted octanol–water partition coefficient (Wildman–Crippen LogP) is 3.75. The summed E-state index contributed by atoms with van der Waals surface area (Å²) >= 11 is 6.36. The van der Waals surface area contributed by atoms with Gasteiger partial charge in [0.05, 0.1) is 16.2 Å². The van der Waals surface area contributed by atoms with Gasteiger partial charge in [0.15, 0.2) is 0 Å². The molecule has 0 aliphatic carbocycles. The summed E-state index contributed by atoms with van der Waals surface area (Å²) in [5.74, 6) is -1.38. The van der Waals surface area contributed by atoms with Crippen LogP contribution < -0.4 is 5.32 Å². The highest BCUT2D eigenvalue weighted by Gasteiger charge is 2.36. The Kier molecular flexibility index (Phi) is 4.91. The van der Waals surface area contributed by atoms with E-state index in [1.54, 1.807) is 12.1 Å². The van der Waals surface area contributed by atoms with E-state index in [2.05, 4.69) is 5.32 Å². The van der Waals surface area contributed by atoms with Crippen LogP contribution in [0.25, 0.3) is 6.08 Å². The number of benzene rings is 1. The van der Waals surface area contributed by atoms with E-state index in [-0.39, 0.29) is 15.6 Å². The molecule has 0 unspecified atom stereocenters. The van der Waals surface area contributed by atoms with E-state index < -0.39 is 29.4 Å². The second-order valence-corrected chi connectivity index (χ2v) is 6.36. The molecule has 0 radical (unpaired) electrons. The Morgan fingerprint density at radius 3 is 2.84 bits per heavy atom. The number of rotatable bonds is 4. The molecule has 6 nitrogen and oxygen atoms in total. The molecule has 3 rings (SSSR count). The highest BCUT2D eigenvalue weighted by atomic mass is 35.5. The van der Waals surface area contributed by atoms with Gasteiger partial charge in [-0.3, -0.25) is 19.3 Å². The van der Waals surface area contributed by atoms with Crippen LogP contribution in [0.5, 0.6) is 0 Å². The highest BCUT2D eigenvalue weighted by molar-refractivity contribution is 8.18. The fourth-order valence-electron chi connectivity index (χ4n) is 2.06. The topological polar surface area (TPSA) is 79.6 Å². The third kappa shape index (κ3) is 3.92. The van der Waals surface area contributed by atoms with Crippen molar-refractivity contribution in [3.63, 3.8) is 0 Å². The molecule has 3 amide bonds. The maximum atomic E-state index is 13.1. The van der Waals surface area contributed by atoms with Crippen LogP contribution in [-0.2, 0) is 9.59 Å². The van der Waals surface area contributed by atoms with Crippen molar-refractivity contribution >= 4 is 52.2 Å². The van der Waals surface area contributed by atoms with Crippen molar-refractivity contribution in [1.82, 2.24) is 4.90 Å². The lowest BCUT2D eigenvalue weighted by Gasteiger charge is -2.12. The van der Waals surface area contributed by atoms with Gasteiger partial charge >= 0.3 is 0 Å². The zero-order chi connectivity index (χ0) is 18.0. The first kappa shape index (κ1) is 17.2. The first-order valence-corrected chi connectivity index (χ1v) is 8.17. The second kappa shape index (κ2) is 7.12. The third-order valence-electron chi connectivity index (χ3n) is 3.20. The summed E-state index contributed by atoms with van der Waals surface area (Å²) in [5, 5.41) is 1.75. The third-order valence-corrected chi connectivity index (χ3v) is 4.39. The van der Waals surface area contributed by atoms with Crippen molar-refractivity contribution in [1.29, 1.82) is 0 Å². The summed E-state index contributed by atoms with van der Waals surface area (Å²) in [6.45, 7) is -0.463. The molecule has 1 saturated heterocycles. The van der Waals surface area contributed by atoms with Crippen molar-refractivity contribution in [3.8, 4) is 0 Å². The van der Waals surface area contributed by atoms with Crippen LogP contribution in [0.1, 0.15) is 5.76 Å². The molecule has 1 N–H and O–H groups in total. The monoisotopic (exact) mass is 380 g/mol. The Bertz CT molecular complexity index is 882. The summed E-state index contributed by atoms with van der Waals surface area (Å²) in [6, 6.07) is 6.95. The molecule has 0 atom stereocenters. The minimum atomic E-state index is -0.617. The summed E-state index contributed by atoms with van der Waals surface area (Å²) in [7, 11) is 0. The fourth-order valence-corrected chi connectivity index (χ4v) is 3.06. The molecule has 0 spiro atoms. The van der Waals surface area contributed by atoms with Crippen molar-refractivity contribution in [2.24, 2.45) is 0 Å². The molecule has 25 heavy (non-hydrogen) atoms. The number of halogens is 2. The van der Waals surface area contributed by atoms with E-state index in [9.17, 15) is 18.8 Å². The van der Waals surface area contributed by atoms with Crippen LogP contribution in [0.15, 0.2) is 45.9 Å². The van der Waals surface area contributed by atoms with E-state index in [4.69, 9.17) is 16.0 Å². The van der Waals surface area contributed by atoms with Crippen LogP contribution in [0, 0.1) is 5.82 Å². The quantitative estimate of drug-likeness (QED) is 0.817. The lowest BCUT2D eigenvalue weighted by atomic mass is 10.3. The van der Waals surface area contributed by atoms with Crippen LogP contribution in [0.2, 0.25) is 5.02 Å². The smallest absolute Gasteiger partial charge is 0.294 e. The predicted molar refractivity (Wildman–Crippen MR) is 91.4 cm³/mol. The average Bonchev–Trinajstić information content (AvgIpc) is 3.15. The number of carbonyl (C=O) groups is 3. The van der Waals surface area contributed by atoms with E-state index in [0.717, 1.165) is 22.7 Å². The largest absolute Gasteiger partial charge is 0.465 e. The maximum absolute atomic E-state index is 13.1. The molecule has 128 valence electrons. The summed E-state index contributed by atoms with van der Waals surface area (Å²) < 4.78 is 18.2. The van der Waals surface area contributed by atoms with Crippen molar-refractivity contribution in [3.05, 3.63) is 58.1 Å². The zero-order valence-corrected chi connectivity index (χ0v) is 14.1. The first-order valence-electron chi connectivity index (χ1n) is 6.98. The van der Waals surface area contributed by atoms with Crippen LogP contribution in [0.3, 0.4) is 0 Å². The minimum Gasteiger partial charge on any atom is -0.465 e. The number of anilines is 1. The number of hydrogen-bond donors (Lipinski definition) is 1. The second-order valence-electron chi connectivity index (χ2n) is 4.96. The van der Waals surface area contributed by atoms with Gasteiger partial charge < -0.3 is 9.73 Å². The van der Waals surface area contributed by atoms with Gasteiger partial charge in [0, 0.05) is 11.8 Å². The number of furan rings is 1. The minimum absolute atomic E-state index is 0.148.